The zero-order valence-corrected chi connectivity index (χ0v) is 15.2. The Balaban J connectivity index is 1.67. The fourth-order valence-corrected chi connectivity index (χ4v) is 3.10. The first-order chi connectivity index (χ1) is 11.9. The van der Waals surface area contributed by atoms with Crippen molar-refractivity contribution in [3.8, 4) is 10.6 Å². The number of hydrogen-bond donors (Lipinski definition) is 2. The zero-order chi connectivity index (χ0) is 17.9. The molecule has 0 aliphatic heterocycles. The molecule has 3 rings (SSSR count). The molecule has 2 N–H and O–H groups in total. The second kappa shape index (κ2) is 7.03. The maximum atomic E-state index is 12.3. The van der Waals surface area contributed by atoms with Crippen molar-refractivity contribution in [1.29, 1.82) is 0 Å². The number of rotatable bonds is 4. The van der Waals surface area contributed by atoms with Crippen molar-refractivity contribution in [3.63, 3.8) is 0 Å². The van der Waals surface area contributed by atoms with Gasteiger partial charge in [-0.25, -0.2) is 5.43 Å². The molecule has 3 aromatic rings. The summed E-state index contributed by atoms with van der Waals surface area (Å²) in [6.45, 7) is 6.52. The molecule has 0 bridgehead atoms. The molecule has 0 aliphatic rings. The summed E-state index contributed by atoms with van der Waals surface area (Å²) in [6.07, 6.45) is 3.15. The van der Waals surface area contributed by atoms with E-state index in [4.69, 9.17) is 0 Å². The molecule has 0 aliphatic carbocycles. The second-order valence-corrected chi connectivity index (χ2v) is 7.65. The van der Waals surface area contributed by atoms with Gasteiger partial charge in [-0.1, -0.05) is 51.1 Å². The topological polar surface area (TPSA) is 70.1 Å². The predicted octanol–water partition coefficient (Wildman–Crippen LogP) is 4.20. The molecule has 25 heavy (non-hydrogen) atoms. The van der Waals surface area contributed by atoms with Crippen LogP contribution in [0.15, 0.2) is 53.1 Å². The van der Waals surface area contributed by atoms with Gasteiger partial charge in [0.25, 0.3) is 5.91 Å². The number of carbonyl (C=O) groups excluding carboxylic acids is 1. The van der Waals surface area contributed by atoms with Gasteiger partial charge in [-0.05, 0) is 28.0 Å². The number of nitrogens with one attached hydrogen (secondary N) is 2. The zero-order valence-electron chi connectivity index (χ0n) is 14.4. The summed E-state index contributed by atoms with van der Waals surface area (Å²) in [5, 5.41) is 12.8. The number of aromatic nitrogens is 2. The van der Waals surface area contributed by atoms with Crippen molar-refractivity contribution in [3.05, 3.63) is 64.7 Å². The Labute approximate surface area is 150 Å². The molecule has 0 saturated carbocycles. The summed E-state index contributed by atoms with van der Waals surface area (Å²) in [6, 6.07) is 12.0. The molecular weight excluding hydrogens is 332 g/mol. The number of hydrazone groups is 1. The number of aromatic amines is 1. The van der Waals surface area contributed by atoms with Gasteiger partial charge < -0.3 is 0 Å². The third kappa shape index (κ3) is 4.03. The monoisotopic (exact) mass is 352 g/mol. The lowest BCUT2D eigenvalue weighted by atomic mass is 9.87. The number of thiophene rings is 1. The Bertz CT molecular complexity index is 871. The molecule has 2 heterocycles. The van der Waals surface area contributed by atoms with Crippen LogP contribution in [0.3, 0.4) is 0 Å². The van der Waals surface area contributed by atoms with Gasteiger partial charge in [0.1, 0.15) is 0 Å². The van der Waals surface area contributed by atoms with Gasteiger partial charge in [-0.2, -0.15) is 10.2 Å². The minimum absolute atomic E-state index is 0.114. The van der Waals surface area contributed by atoms with Crippen LogP contribution in [0.2, 0.25) is 0 Å². The van der Waals surface area contributed by atoms with Crippen molar-refractivity contribution in [2.75, 3.05) is 0 Å². The first kappa shape index (κ1) is 17.1. The van der Waals surface area contributed by atoms with E-state index < -0.39 is 0 Å². The molecular formula is C19H20N4OS. The lowest BCUT2D eigenvalue weighted by Crippen LogP contribution is -2.17. The molecule has 0 unspecified atom stereocenters. The summed E-state index contributed by atoms with van der Waals surface area (Å²) in [7, 11) is 0. The van der Waals surface area contributed by atoms with E-state index in [1.165, 1.54) is 11.8 Å². The van der Waals surface area contributed by atoms with Crippen LogP contribution in [-0.2, 0) is 5.41 Å². The number of hydrogen-bond acceptors (Lipinski definition) is 4. The van der Waals surface area contributed by atoms with Gasteiger partial charge in [0.05, 0.1) is 28.5 Å². The summed E-state index contributed by atoms with van der Waals surface area (Å²) < 4.78 is 0. The quantitative estimate of drug-likeness (QED) is 0.546. The smallest absolute Gasteiger partial charge is 0.275 e. The van der Waals surface area contributed by atoms with Gasteiger partial charge in [-0.3, -0.25) is 9.89 Å². The highest BCUT2D eigenvalue weighted by Crippen LogP contribution is 2.25. The summed E-state index contributed by atoms with van der Waals surface area (Å²) in [4.78, 5) is 13.3. The molecule has 0 fully saturated rings. The van der Waals surface area contributed by atoms with E-state index in [1.807, 2.05) is 29.6 Å². The van der Waals surface area contributed by atoms with E-state index in [0.29, 0.717) is 11.3 Å². The van der Waals surface area contributed by atoms with E-state index in [0.717, 1.165) is 10.4 Å². The third-order valence-corrected chi connectivity index (χ3v) is 4.70. The van der Waals surface area contributed by atoms with Gasteiger partial charge in [0.15, 0.2) is 0 Å². The predicted molar refractivity (Wildman–Crippen MR) is 102 cm³/mol. The highest BCUT2D eigenvalue weighted by atomic mass is 32.1. The van der Waals surface area contributed by atoms with E-state index >= 15 is 0 Å². The minimum Gasteiger partial charge on any atom is -0.276 e. The molecule has 0 radical (unpaired) electrons. The van der Waals surface area contributed by atoms with Crippen LogP contribution in [0.25, 0.3) is 10.6 Å². The molecule has 0 spiro atoms. The molecule has 2 aromatic heterocycles. The van der Waals surface area contributed by atoms with Crippen molar-refractivity contribution >= 4 is 23.5 Å². The fraction of sp³-hybridized carbons (Fsp3) is 0.211. The highest BCUT2D eigenvalue weighted by Gasteiger charge is 2.15. The Morgan fingerprint density at radius 1 is 1.24 bits per heavy atom. The lowest BCUT2D eigenvalue weighted by molar-refractivity contribution is 0.0956. The largest absolute Gasteiger partial charge is 0.276 e. The summed E-state index contributed by atoms with van der Waals surface area (Å²) >= 11 is 1.55. The standard InChI is InChI=1S/C19H20N4OS/c1-19(2,3)14-8-6-13(7-9-14)11-20-23-18(24)15-12-21-22-17(15)16-5-4-10-25-16/h4-12H,1-3H3,(H,21,22)(H,23,24). The highest BCUT2D eigenvalue weighted by molar-refractivity contribution is 7.13. The van der Waals surface area contributed by atoms with Crippen LogP contribution < -0.4 is 5.43 Å². The minimum atomic E-state index is -0.292. The van der Waals surface area contributed by atoms with E-state index in [1.54, 1.807) is 17.6 Å². The third-order valence-electron chi connectivity index (χ3n) is 3.81. The fourth-order valence-electron chi connectivity index (χ4n) is 2.36. The molecule has 128 valence electrons. The molecule has 1 amide bonds. The Kier molecular flexibility index (Phi) is 4.81. The van der Waals surface area contributed by atoms with Crippen molar-refractivity contribution in [1.82, 2.24) is 15.6 Å². The van der Waals surface area contributed by atoms with Crippen molar-refractivity contribution in [2.45, 2.75) is 26.2 Å². The van der Waals surface area contributed by atoms with Crippen LogP contribution in [0.1, 0.15) is 42.3 Å². The molecule has 6 heteroatoms. The number of amides is 1. The normalized spacial score (nSPS) is 11.8. The lowest BCUT2D eigenvalue weighted by Gasteiger charge is -2.18. The number of nitrogens with zero attached hydrogens (tertiary/aromatic N) is 2. The Morgan fingerprint density at radius 3 is 2.64 bits per heavy atom. The Hall–Kier alpha value is -2.73. The summed E-state index contributed by atoms with van der Waals surface area (Å²) in [5.74, 6) is -0.292. The van der Waals surface area contributed by atoms with E-state index in [-0.39, 0.29) is 11.3 Å². The first-order valence-corrected chi connectivity index (χ1v) is 8.84. The average Bonchev–Trinajstić information content (AvgIpc) is 3.25. The molecule has 5 nitrogen and oxygen atoms in total. The summed E-state index contributed by atoms with van der Waals surface area (Å²) in [5.41, 5.74) is 6.04. The SMILES string of the molecule is CC(C)(C)c1ccc(C=NNC(=O)c2cn[nH]c2-c2cccs2)cc1. The number of carbonyl (C=O) groups is 1. The van der Waals surface area contributed by atoms with Crippen molar-refractivity contribution < 1.29 is 4.79 Å². The number of benzene rings is 1. The molecule has 0 atom stereocenters. The average molecular weight is 352 g/mol. The van der Waals surface area contributed by atoms with Gasteiger partial charge in [-0.15, -0.1) is 11.3 Å². The molecule has 0 saturated heterocycles. The van der Waals surface area contributed by atoms with Crippen LogP contribution in [0.5, 0.6) is 0 Å². The van der Waals surface area contributed by atoms with Gasteiger partial charge in [0, 0.05) is 0 Å². The van der Waals surface area contributed by atoms with Gasteiger partial charge >= 0.3 is 0 Å². The van der Waals surface area contributed by atoms with E-state index in [2.05, 4.69) is 53.6 Å². The van der Waals surface area contributed by atoms with Crippen LogP contribution >= 0.6 is 11.3 Å². The Morgan fingerprint density at radius 2 is 2.00 bits per heavy atom. The first-order valence-electron chi connectivity index (χ1n) is 7.96. The maximum absolute atomic E-state index is 12.3. The van der Waals surface area contributed by atoms with Crippen LogP contribution in [0, 0.1) is 0 Å². The van der Waals surface area contributed by atoms with Gasteiger partial charge in [0.2, 0.25) is 0 Å². The second-order valence-electron chi connectivity index (χ2n) is 6.71. The molecule has 1 aromatic carbocycles. The van der Waals surface area contributed by atoms with E-state index in [9.17, 15) is 4.79 Å². The maximum Gasteiger partial charge on any atom is 0.275 e. The number of H-pyrrole nitrogens is 1. The van der Waals surface area contributed by atoms with Crippen LogP contribution in [0.4, 0.5) is 0 Å². The van der Waals surface area contributed by atoms with Crippen molar-refractivity contribution in [2.24, 2.45) is 5.10 Å². The van der Waals surface area contributed by atoms with Crippen LogP contribution in [-0.4, -0.2) is 22.3 Å².